The van der Waals surface area contributed by atoms with Crippen LogP contribution < -0.4 is 5.32 Å². The molecule has 0 spiro atoms. The zero-order chi connectivity index (χ0) is 14.7. The molecule has 0 radical (unpaired) electrons. The Morgan fingerprint density at radius 1 is 1.55 bits per heavy atom. The molecule has 2 amide bonds. The van der Waals surface area contributed by atoms with Gasteiger partial charge in [0, 0.05) is 17.3 Å². The van der Waals surface area contributed by atoms with Gasteiger partial charge < -0.3 is 15.3 Å². The number of hydrogen-bond donors (Lipinski definition) is 2. The van der Waals surface area contributed by atoms with Gasteiger partial charge in [0.1, 0.15) is 0 Å². The molecule has 0 aromatic heterocycles. The molecule has 4 nitrogen and oxygen atoms in total. The number of amides is 2. The molecule has 2 unspecified atom stereocenters. The number of nitrogens with one attached hydrogen (secondary N) is 1. The maximum atomic E-state index is 12.4. The average molecular weight is 297 g/mol. The maximum absolute atomic E-state index is 12.4. The van der Waals surface area contributed by atoms with Gasteiger partial charge in [0.05, 0.1) is 12.6 Å². The predicted molar refractivity (Wildman–Crippen MR) is 81.2 cm³/mol. The largest absolute Gasteiger partial charge is 0.394 e. The van der Waals surface area contributed by atoms with Crippen molar-refractivity contribution in [2.24, 2.45) is 5.92 Å². The van der Waals surface area contributed by atoms with E-state index in [-0.39, 0.29) is 18.7 Å². The summed E-state index contributed by atoms with van der Waals surface area (Å²) < 4.78 is 0. The van der Waals surface area contributed by atoms with E-state index in [1.807, 2.05) is 13.0 Å². The van der Waals surface area contributed by atoms with Crippen LogP contribution in [0.3, 0.4) is 0 Å². The van der Waals surface area contributed by atoms with Gasteiger partial charge >= 0.3 is 6.03 Å². The van der Waals surface area contributed by atoms with Gasteiger partial charge in [-0.15, -0.1) is 0 Å². The molecule has 0 saturated carbocycles. The van der Waals surface area contributed by atoms with Crippen molar-refractivity contribution in [1.82, 2.24) is 4.90 Å². The molecule has 110 valence electrons. The minimum atomic E-state index is -0.152. The fourth-order valence-corrected chi connectivity index (χ4v) is 2.96. The van der Waals surface area contributed by atoms with E-state index < -0.39 is 0 Å². The van der Waals surface area contributed by atoms with Gasteiger partial charge in [0.25, 0.3) is 0 Å². The predicted octanol–water partition coefficient (Wildman–Crippen LogP) is 3.27. The van der Waals surface area contributed by atoms with E-state index in [1.54, 1.807) is 17.0 Å². The van der Waals surface area contributed by atoms with Crippen LogP contribution in [0.5, 0.6) is 0 Å². The lowest BCUT2D eigenvalue weighted by Gasteiger charge is -2.39. The van der Waals surface area contributed by atoms with E-state index >= 15 is 0 Å². The molecule has 1 fully saturated rings. The fraction of sp³-hybridized carbons (Fsp3) is 0.533. The Morgan fingerprint density at radius 3 is 2.95 bits per heavy atom. The van der Waals surface area contributed by atoms with E-state index in [4.69, 9.17) is 11.6 Å². The van der Waals surface area contributed by atoms with Crippen molar-refractivity contribution < 1.29 is 9.90 Å². The van der Waals surface area contributed by atoms with E-state index in [1.165, 1.54) is 0 Å². The molecule has 1 aromatic rings. The Kier molecular flexibility index (Phi) is 4.89. The first-order valence-electron chi connectivity index (χ1n) is 6.97. The van der Waals surface area contributed by atoms with Crippen molar-refractivity contribution in [3.63, 3.8) is 0 Å². The molecule has 0 aliphatic carbocycles. The quantitative estimate of drug-likeness (QED) is 0.880. The van der Waals surface area contributed by atoms with Crippen molar-refractivity contribution in [2.75, 3.05) is 18.5 Å². The molecule has 2 rings (SSSR count). The number of aryl methyl sites for hydroxylation is 1. The standard InChI is InChI=1S/C15H21ClN2O2/c1-10-4-3-7-18(14(10)9-19)15(20)17-13-6-5-12(16)8-11(13)2/h5-6,8,10,14,19H,3-4,7,9H2,1-2H3,(H,17,20). The highest BCUT2D eigenvalue weighted by Crippen LogP contribution is 2.25. The molecule has 20 heavy (non-hydrogen) atoms. The number of rotatable bonds is 2. The summed E-state index contributed by atoms with van der Waals surface area (Å²) >= 11 is 5.91. The zero-order valence-corrected chi connectivity index (χ0v) is 12.7. The first-order valence-corrected chi connectivity index (χ1v) is 7.35. The summed E-state index contributed by atoms with van der Waals surface area (Å²) in [7, 11) is 0. The van der Waals surface area contributed by atoms with Gasteiger partial charge in [0.2, 0.25) is 0 Å². The summed E-state index contributed by atoms with van der Waals surface area (Å²) in [6.07, 6.45) is 2.03. The number of carbonyl (C=O) groups is 1. The van der Waals surface area contributed by atoms with Crippen LogP contribution in [0.25, 0.3) is 0 Å². The van der Waals surface area contributed by atoms with E-state index in [0.717, 1.165) is 24.1 Å². The number of piperidine rings is 1. The van der Waals surface area contributed by atoms with Crippen molar-refractivity contribution in [3.8, 4) is 0 Å². The zero-order valence-electron chi connectivity index (χ0n) is 11.9. The van der Waals surface area contributed by atoms with Crippen LogP contribution in [0, 0.1) is 12.8 Å². The van der Waals surface area contributed by atoms with Crippen LogP contribution in [-0.4, -0.2) is 35.2 Å². The topological polar surface area (TPSA) is 52.6 Å². The summed E-state index contributed by atoms with van der Waals surface area (Å²) in [6.45, 7) is 4.68. The minimum absolute atomic E-state index is 0.00812. The number of aliphatic hydroxyl groups is 1. The monoisotopic (exact) mass is 296 g/mol. The number of nitrogens with zero attached hydrogens (tertiary/aromatic N) is 1. The fourth-order valence-electron chi connectivity index (χ4n) is 2.73. The van der Waals surface area contributed by atoms with Gasteiger partial charge in [-0.1, -0.05) is 18.5 Å². The Hall–Kier alpha value is -1.26. The van der Waals surface area contributed by atoms with E-state index in [9.17, 15) is 9.90 Å². The van der Waals surface area contributed by atoms with Gasteiger partial charge in [0.15, 0.2) is 0 Å². The third-order valence-corrected chi connectivity index (χ3v) is 4.23. The lowest BCUT2D eigenvalue weighted by molar-refractivity contribution is 0.0811. The Labute approximate surface area is 124 Å². The first-order chi connectivity index (χ1) is 9.52. The molecule has 1 heterocycles. The number of anilines is 1. The summed E-state index contributed by atoms with van der Waals surface area (Å²) in [6, 6.07) is 5.13. The van der Waals surface area contributed by atoms with Crippen LogP contribution in [-0.2, 0) is 0 Å². The second kappa shape index (κ2) is 6.46. The van der Waals surface area contributed by atoms with Crippen LogP contribution in [0.4, 0.5) is 10.5 Å². The van der Waals surface area contributed by atoms with Crippen LogP contribution in [0.15, 0.2) is 18.2 Å². The number of urea groups is 1. The highest BCUT2D eigenvalue weighted by molar-refractivity contribution is 6.30. The van der Waals surface area contributed by atoms with Gasteiger partial charge in [-0.3, -0.25) is 0 Å². The smallest absolute Gasteiger partial charge is 0.322 e. The molecule has 2 N–H and O–H groups in total. The maximum Gasteiger partial charge on any atom is 0.322 e. The SMILES string of the molecule is Cc1cc(Cl)ccc1NC(=O)N1CCCC(C)C1CO. The average Bonchev–Trinajstić information content (AvgIpc) is 2.41. The molecule has 1 aromatic carbocycles. The van der Waals surface area contributed by atoms with Crippen molar-refractivity contribution in [2.45, 2.75) is 32.7 Å². The summed E-state index contributed by atoms with van der Waals surface area (Å²) in [5.41, 5.74) is 1.69. The van der Waals surface area contributed by atoms with Gasteiger partial charge in [-0.2, -0.15) is 0 Å². The van der Waals surface area contributed by atoms with Gasteiger partial charge in [-0.05, 0) is 49.4 Å². The van der Waals surface area contributed by atoms with Crippen LogP contribution >= 0.6 is 11.6 Å². The number of benzene rings is 1. The number of hydrogen-bond acceptors (Lipinski definition) is 2. The lowest BCUT2D eigenvalue weighted by atomic mass is 9.91. The Bertz CT molecular complexity index is 493. The van der Waals surface area contributed by atoms with Crippen LogP contribution in [0.2, 0.25) is 5.02 Å². The first kappa shape index (κ1) is 15.1. The summed E-state index contributed by atoms with van der Waals surface area (Å²) in [5.74, 6) is 0.325. The Balaban J connectivity index is 2.10. The second-order valence-corrected chi connectivity index (χ2v) is 5.89. The van der Waals surface area contributed by atoms with E-state index in [2.05, 4.69) is 12.2 Å². The third kappa shape index (κ3) is 3.25. The highest BCUT2D eigenvalue weighted by Gasteiger charge is 2.31. The molecule has 1 aliphatic rings. The van der Waals surface area contributed by atoms with Crippen molar-refractivity contribution >= 4 is 23.3 Å². The molecule has 1 saturated heterocycles. The molecular weight excluding hydrogens is 276 g/mol. The third-order valence-electron chi connectivity index (χ3n) is 3.99. The molecule has 2 atom stereocenters. The number of aliphatic hydroxyl groups excluding tert-OH is 1. The number of carbonyl (C=O) groups excluding carboxylic acids is 1. The number of likely N-dealkylation sites (tertiary alicyclic amines) is 1. The van der Waals surface area contributed by atoms with E-state index in [0.29, 0.717) is 17.5 Å². The minimum Gasteiger partial charge on any atom is -0.394 e. The molecular formula is C15H21ClN2O2. The van der Waals surface area contributed by atoms with Crippen molar-refractivity contribution in [3.05, 3.63) is 28.8 Å². The second-order valence-electron chi connectivity index (χ2n) is 5.45. The van der Waals surface area contributed by atoms with Crippen molar-refractivity contribution in [1.29, 1.82) is 0 Å². The summed E-state index contributed by atoms with van der Waals surface area (Å²) in [4.78, 5) is 14.1. The highest BCUT2D eigenvalue weighted by atomic mass is 35.5. The molecule has 1 aliphatic heterocycles. The van der Waals surface area contributed by atoms with Gasteiger partial charge in [-0.25, -0.2) is 4.79 Å². The summed E-state index contributed by atoms with van der Waals surface area (Å²) in [5, 5.41) is 13.1. The normalized spacial score (nSPS) is 22.7. The molecule has 5 heteroatoms. The lowest BCUT2D eigenvalue weighted by Crippen LogP contribution is -2.51. The molecule has 0 bridgehead atoms. The van der Waals surface area contributed by atoms with Crippen LogP contribution in [0.1, 0.15) is 25.3 Å². The number of halogens is 1. The Morgan fingerprint density at radius 2 is 2.30 bits per heavy atom.